The van der Waals surface area contributed by atoms with Crippen LogP contribution < -0.4 is 9.46 Å². The topological polar surface area (TPSA) is 68.3 Å². The highest BCUT2D eigenvalue weighted by Crippen LogP contribution is 2.29. The van der Waals surface area contributed by atoms with Gasteiger partial charge in [-0.3, -0.25) is 4.72 Å². The summed E-state index contributed by atoms with van der Waals surface area (Å²) in [6, 6.07) is 7.79. The number of hydrogen-bond acceptors (Lipinski definition) is 4. The zero-order valence-corrected chi connectivity index (χ0v) is 14.3. The molecule has 1 aromatic heterocycles. The number of anilines is 1. The summed E-state index contributed by atoms with van der Waals surface area (Å²) >= 11 is 6.45. The summed E-state index contributed by atoms with van der Waals surface area (Å²) in [5.41, 5.74) is 0.374. The highest BCUT2D eigenvalue weighted by Gasteiger charge is 2.17. The molecule has 0 fully saturated rings. The van der Waals surface area contributed by atoms with Gasteiger partial charge in [0.15, 0.2) is 0 Å². The SMILES string of the molecule is COc1ccc(S(=O)(=O)Nc2cccnc2Br)cc1Br. The zero-order chi connectivity index (χ0) is 14.8. The van der Waals surface area contributed by atoms with Gasteiger partial charge in [0.25, 0.3) is 10.0 Å². The summed E-state index contributed by atoms with van der Waals surface area (Å²) in [7, 11) is -2.18. The fourth-order valence-electron chi connectivity index (χ4n) is 1.48. The van der Waals surface area contributed by atoms with Crippen molar-refractivity contribution in [3.8, 4) is 5.75 Å². The number of aromatic nitrogens is 1. The van der Waals surface area contributed by atoms with Gasteiger partial charge in [-0.2, -0.15) is 0 Å². The fraction of sp³-hybridized carbons (Fsp3) is 0.0833. The Hall–Kier alpha value is -1.12. The smallest absolute Gasteiger partial charge is 0.262 e. The van der Waals surface area contributed by atoms with Gasteiger partial charge in [-0.1, -0.05) is 0 Å². The van der Waals surface area contributed by atoms with E-state index in [1.54, 1.807) is 24.4 Å². The third-order valence-corrected chi connectivity index (χ3v) is 5.05. The number of halogens is 2. The Kier molecular flexibility index (Phi) is 4.66. The number of sulfonamides is 1. The lowest BCUT2D eigenvalue weighted by atomic mass is 10.3. The minimum absolute atomic E-state index is 0.126. The summed E-state index contributed by atoms with van der Waals surface area (Å²) in [5.74, 6) is 0.562. The molecule has 0 saturated heterocycles. The molecule has 1 N–H and O–H groups in total. The number of benzene rings is 1. The van der Waals surface area contributed by atoms with Gasteiger partial charge < -0.3 is 4.74 Å². The molecule has 0 saturated carbocycles. The van der Waals surface area contributed by atoms with E-state index in [-0.39, 0.29) is 4.90 Å². The van der Waals surface area contributed by atoms with Crippen molar-refractivity contribution in [2.45, 2.75) is 4.90 Å². The molecule has 0 spiro atoms. The number of rotatable bonds is 4. The molecule has 0 atom stereocenters. The van der Waals surface area contributed by atoms with Crippen molar-refractivity contribution in [1.82, 2.24) is 4.98 Å². The maximum absolute atomic E-state index is 12.3. The standard InChI is InChI=1S/C12H10Br2N2O3S/c1-19-11-5-4-8(7-9(11)13)20(17,18)16-10-3-2-6-15-12(10)14/h2-7,16H,1H3. The monoisotopic (exact) mass is 420 g/mol. The summed E-state index contributed by atoms with van der Waals surface area (Å²) in [5, 5.41) is 0. The number of hydrogen-bond donors (Lipinski definition) is 1. The van der Waals surface area contributed by atoms with E-state index in [9.17, 15) is 8.42 Å². The molecule has 0 aliphatic rings. The molecule has 20 heavy (non-hydrogen) atoms. The highest BCUT2D eigenvalue weighted by atomic mass is 79.9. The van der Waals surface area contributed by atoms with Gasteiger partial charge in [-0.25, -0.2) is 13.4 Å². The van der Waals surface area contributed by atoms with Crippen molar-refractivity contribution in [1.29, 1.82) is 0 Å². The molecule has 0 unspecified atom stereocenters. The molecule has 1 heterocycles. The summed E-state index contributed by atoms with van der Waals surface area (Å²) in [6.45, 7) is 0. The van der Waals surface area contributed by atoms with E-state index >= 15 is 0 Å². The highest BCUT2D eigenvalue weighted by molar-refractivity contribution is 9.10. The van der Waals surface area contributed by atoms with Crippen LogP contribution in [-0.4, -0.2) is 20.5 Å². The van der Waals surface area contributed by atoms with Crippen LogP contribution in [0.25, 0.3) is 0 Å². The van der Waals surface area contributed by atoms with E-state index in [2.05, 4.69) is 41.6 Å². The number of methoxy groups -OCH3 is 1. The zero-order valence-electron chi connectivity index (χ0n) is 10.3. The lowest BCUT2D eigenvalue weighted by Crippen LogP contribution is -2.13. The summed E-state index contributed by atoms with van der Waals surface area (Å²) in [6.07, 6.45) is 1.56. The molecule has 0 amide bonds. The first-order valence-electron chi connectivity index (χ1n) is 5.41. The van der Waals surface area contributed by atoms with Gasteiger partial charge in [0, 0.05) is 6.20 Å². The Morgan fingerprint density at radius 3 is 2.60 bits per heavy atom. The molecule has 0 radical (unpaired) electrons. The van der Waals surface area contributed by atoms with Crippen LogP contribution in [0.15, 0.2) is 50.5 Å². The van der Waals surface area contributed by atoms with Crippen LogP contribution in [-0.2, 0) is 10.0 Å². The minimum atomic E-state index is -3.69. The number of nitrogens with one attached hydrogen (secondary N) is 1. The average Bonchev–Trinajstić information content (AvgIpc) is 2.41. The first-order chi connectivity index (χ1) is 9.44. The van der Waals surface area contributed by atoms with Gasteiger partial charge in [0.2, 0.25) is 0 Å². The predicted molar refractivity (Wildman–Crippen MR) is 83.4 cm³/mol. The van der Waals surface area contributed by atoms with Crippen molar-refractivity contribution in [2.24, 2.45) is 0 Å². The molecule has 1 aromatic carbocycles. The van der Waals surface area contributed by atoms with Crippen LogP contribution >= 0.6 is 31.9 Å². The van der Waals surface area contributed by atoms with Crippen LogP contribution in [0, 0.1) is 0 Å². The Morgan fingerprint density at radius 2 is 2.00 bits per heavy atom. The first-order valence-corrected chi connectivity index (χ1v) is 8.48. The quantitative estimate of drug-likeness (QED) is 0.768. The molecule has 0 aliphatic heterocycles. The van der Waals surface area contributed by atoms with Crippen molar-refractivity contribution < 1.29 is 13.2 Å². The third-order valence-electron chi connectivity index (χ3n) is 2.44. The van der Waals surface area contributed by atoms with Crippen LogP contribution in [0.5, 0.6) is 5.75 Å². The van der Waals surface area contributed by atoms with Crippen molar-refractivity contribution in [3.63, 3.8) is 0 Å². The maximum atomic E-state index is 12.3. The second kappa shape index (κ2) is 6.11. The fourth-order valence-corrected chi connectivity index (χ4v) is 3.75. The second-order valence-corrected chi connectivity index (χ2v) is 7.03. The van der Waals surface area contributed by atoms with Gasteiger partial charge in [-0.05, 0) is 62.2 Å². The molecule has 5 nitrogen and oxygen atoms in total. The molecular weight excluding hydrogens is 412 g/mol. The second-order valence-electron chi connectivity index (χ2n) is 3.74. The van der Waals surface area contributed by atoms with Crippen LogP contribution in [0.1, 0.15) is 0 Å². The Labute approximate surface area is 133 Å². The third kappa shape index (κ3) is 3.31. The van der Waals surface area contributed by atoms with Crippen molar-refractivity contribution in [2.75, 3.05) is 11.8 Å². The molecule has 0 aliphatic carbocycles. The molecule has 0 bridgehead atoms. The van der Waals surface area contributed by atoms with Crippen LogP contribution in [0.2, 0.25) is 0 Å². The molecule has 2 aromatic rings. The molecule has 8 heteroatoms. The number of pyridine rings is 1. The van der Waals surface area contributed by atoms with E-state index in [1.807, 2.05) is 0 Å². The minimum Gasteiger partial charge on any atom is -0.496 e. The van der Waals surface area contributed by atoms with Gasteiger partial charge in [-0.15, -0.1) is 0 Å². The Morgan fingerprint density at radius 1 is 1.25 bits per heavy atom. The maximum Gasteiger partial charge on any atom is 0.262 e. The summed E-state index contributed by atoms with van der Waals surface area (Å²) in [4.78, 5) is 4.09. The molecule has 106 valence electrons. The van der Waals surface area contributed by atoms with Crippen molar-refractivity contribution in [3.05, 3.63) is 45.6 Å². The van der Waals surface area contributed by atoms with Crippen LogP contribution in [0.3, 0.4) is 0 Å². The lowest BCUT2D eigenvalue weighted by molar-refractivity contribution is 0.411. The van der Waals surface area contributed by atoms with E-state index in [0.717, 1.165) is 0 Å². The average molecular weight is 422 g/mol. The number of ether oxygens (including phenoxy) is 1. The number of nitrogens with zero attached hydrogens (tertiary/aromatic N) is 1. The van der Waals surface area contributed by atoms with E-state index in [0.29, 0.717) is 20.5 Å². The van der Waals surface area contributed by atoms with Crippen molar-refractivity contribution >= 4 is 47.6 Å². The predicted octanol–water partition coefficient (Wildman–Crippen LogP) is 3.42. The van der Waals surface area contributed by atoms with Gasteiger partial charge in [0.1, 0.15) is 10.4 Å². The Balaban J connectivity index is 2.36. The largest absolute Gasteiger partial charge is 0.496 e. The lowest BCUT2D eigenvalue weighted by Gasteiger charge is -2.10. The normalized spacial score (nSPS) is 11.2. The first kappa shape index (κ1) is 15.3. The van der Waals surface area contributed by atoms with E-state index in [1.165, 1.54) is 19.2 Å². The molecule has 2 rings (SSSR count). The summed E-state index contributed by atoms with van der Waals surface area (Å²) < 4.78 is 33.1. The van der Waals surface area contributed by atoms with E-state index < -0.39 is 10.0 Å². The van der Waals surface area contributed by atoms with Gasteiger partial charge >= 0.3 is 0 Å². The van der Waals surface area contributed by atoms with Gasteiger partial charge in [0.05, 0.1) is 22.2 Å². The van der Waals surface area contributed by atoms with E-state index in [4.69, 9.17) is 4.74 Å². The van der Waals surface area contributed by atoms with Crippen LogP contribution in [0.4, 0.5) is 5.69 Å². The Bertz CT molecular complexity index is 735. The molecular formula is C12H10Br2N2O3S.